The number of anilines is 1. The van der Waals surface area contributed by atoms with Crippen LogP contribution in [0.15, 0.2) is 66.0 Å². The zero-order valence-corrected chi connectivity index (χ0v) is 15.7. The molecule has 2 aromatic carbocycles. The topological polar surface area (TPSA) is 54.9 Å². The lowest BCUT2D eigenvalue weighted by atomic mass is 10.1. The Balaban J connectivity index is 1.55. The maximum atomic E-state index is 12.2. The van der Waals surface area contributed by atoms with Gasteiger partial charge in [-0.15, -0.1) is 11.8 Å². The van der Waals surface area contributed by atoms with E-state index in [1.165, 1.54) is 0 Å². The van der Waals surface area contributed by atoms with Crippen LogP contribution in [0.4, 0.5) is 5.69 Å². The van der Waals surface area contributed by atoms with Crippen molar-refractivity contribution in [1.82, 2.24) is 9.97 Å². The zero-order valence-electron chi connectivity index (χ0n) is 14.9. The van der Waals surface area contributed by atoms with Crippen LogP contribution in [0.5, 0.6) is 0 Å². The molecule has 0 bridgehead atoms. The first kappa shape index (κ1) is 18.1. The largest absolute Gasteiger partial charge is 0.326 e. The maximum Gasteiger partial charge on any atom is 0.225 e. The molecule has 4 nitrogen and oxygen atoms in total. The lowest BCUT2D eigenvalue weighted by Crippen LogP contribution is -2.13. The molecule has 26 heavy (non-hydrogen) atoms. The molecule has 1 heterocycles. The molecule has 0 saturated carbocycles. The Morgan fingerprint density at radius 2 is 1.85 bits per heavy atom. The third-order valence-corrected chi connectivity index (χ3v) is 4.89. The molecule has 0 radical (unpaired) electrons. The first-order valence-electron chi connectivity index (χ1n) is 8.49. The van der Waals surface area contributed by atoms with Gasteiger partial charge in [0.1, 0.15) is 6.33 Å². The third kappa shape index (κ3) is 4.92. The zero-order chi connectivity index (χ0) is 18.4. The number of benzene rings is 2. The molecule has 0 fully saturated rings. The van der Waals surface area contributed by atoms with Gasteiger partial charge in [-0.3, -0.25) is 4.79 Å². The predicted molar refractivity (Wildman–Crippen MR) is 107 cm³/mol. The number of hydrogen-bond acceptors (Lipinski definition) is 4. The molecule has 0 aliphatic rings. The van der Waals surface area contributed by atoms with Gasteiger partial charge in [0.15, 0.2) is 0 Å². The van der Waals surface area contributed by atoms with Gasteiger partial charge in [-0.1, -0.05) is 42.5 Å². The number of amides is 1. The second-order valence-electron chi connectivity index (χ2n) is 6.07. The van der Waals surface area contributed by atoms with E-state index in [4.69, 9.17) is 0 Å². The van der Waals surface area contributed by atoms with Crippen molar-refractivity contribution in [2.45, 2.75) is 25.3 Å². The number of aryl methyl sites for hydroxylation is 2. The van der Waals surface area contributed by atoms with Crippen molar-refractivity contribution in [3.05, 3.63) is 72.1 Å². The molecule has 0 spiro atoms. The molecule has 1 amide bonds. The third-order valence-electron chi connectivity index (χ3n) is 3.96. The standard InChI is InChI=1S/C21H21N3OS/c1-15-8-9-16(2)18(12-15)24-20(25)10-11-26-21-13-19(22-14-23-21)17-6-4-3-5-7-17/h3-9,12-14H,10-11H2,1-2H3,(H,24,25). The van der Waals surface area contributed by atoms with E-state index in [-0.39, 0.29) is 5.91 Å². The van der Waals surface area contributed by atoms with E-state index >= 15 is 0 Å². The summed E-state index contributed by atoms with van der Waals surface area (Å²) in [5, 5.41) is 3.86. The van der Waals surface area contributed by atoms with E-state index < -0.39 is 0 Å². The number of carbonyl (C=O) groups excluding carboxylic acids is 1. The lowest BCUT2D eigenvalue weighted by molar-refractivity contribution is -0.115. The molecule has 1 N–H and O–H groups in total. The minimum Gasteiger partial charge on any atom is -0.326 e. The van der Waals surface area contributed by atoms with E-state index in [0.717, 1.165) is 33.1 Å². The maximum absolute atomic E-state index is 12.2. The molecule has 3 rings (SSSR count). The van der Waals surface area contributed by atoms with Gasteiger partial charge < -0.3 is 5.32 Å². The van der Waals surface area contributed by atoms with E-state index in [0.29, 0.717) is 12.2 Å². The minimum atomic E-state index is 0.0172. The quantitative estimate of drug-likeness (QED) is 0.501. The van der Waals surface area contributed by atoms with Crippen LogP contribution in [0, 0.1) is 13.8 Å². The highest BCUT2D eigenvalue weighted by Gasteiger charge is 2.07. The lowest BCUT2D eigenvalue weighted by Gasteiger charge is -2.09. The number of carbonyl (C=O) groups is 1. The summed E-state index contributed by atoms with van der Waals surface area (Å²) in [4.78, 5) is 20.8. The summed E-state index contributed by atoms with van der Waals surface area (Å²) < 4.78 is 0. The van der Waals surface area contributed by atoms with Gasteiger partial charge >= 0.3 is 0 Å². The summed E-state index contributed by atoms with van der Waals surface area (Å²) in [6, 6.07) is 18.0. The molecule has 1 aromatic heterocycles. The van der Waals surface area contributed by atoms with E-state index in [2.05, 4.69) is 15.3 Å². The Morgan fingerprint density at radius 1 is 1.04 bits per heavy atom. The minimum absolute atomic E-state index is 0.0172. The van der Waals surface area contributed by atoms with E-state index in [9.17, 15) is 4.79 Å². The number of nitrogens with one attached hydrogen (secondary N) is 1. The fraction of sp³-hybridized carbons (Fsp3) is 0.190. The van der Waals surface area contributed by atoms with Gasteiger partial charge in [-0.25, -0.2) is 9.97 Å². The molecule has 5 heteroatoms. The molecule has 0 saturated heterocycles. The average molecular weight is 363 g/mol. The van der Waals surface area contributed by atoms with Crippen LogP contribution in [0.2, 0.25) is 0 Å². The van der Waals surface area contributed by atoms with Gasteiger partial charge in [-0.05, 0) is 37.1 Å². The second kappa shape index (κ2) is 8.63. The summed E-state index contributed by atoms with van der Waals surface area (Å²) >= 11 is 1.56. The molecule has 0 aliphatic heterocycles. The van der Waals surface area contributed by atoms with Crippen LogP contribution in [0.1, 0.15) is 17.5 Å². The van der Waals surface area contributed by atoms with Crippen LogP contribution >= 0.6 is 11.8 Å². The Hall–Kier alpha value is -2.66. The van der Waals surface area contributed by atoms with Crippen molar-refractivity contribution >= 4 is 23.4 Å². The Bertz CT molecular complexity index is 897. The normalized spacial score (nSPS) is 10.5. The first-order chi connectivity index (χ1) is 12.6. The van der Waals surface area contributed by atoms with Gasteiger partial charge in [0.2, 0.25) is 5.91 Å². The average Bonchev–Trinajstić information content (AvgIpc) is 2.66. The van der Waals surface area contributed by atoms with Gasteiger partial charge in [0.25, 0.3) is 0 Å². The molecule has 3 aromatic rings. The summed E-state index contributed by atoms with van der Waals surface area (Å²) in [5.41, 5.74) is 5.04. The highest BCUT2D eigenvalue weighted by atomic mass is 32.2. The molecule has 132 valence electrons. The van der Waals surface area contributed by atoms with Crippen molar-refractivity contribution < 1.29 is 4.79 Å². The number of thioether (sulfide) groups is 1. The Labute approximate surface area is 158 Å². The number of rotatable bonds is 6. The summed E-state index contributed by atoms with van der Waals surface area (Å²) in [5.74, 6) is 0.686. The highest BCUT2D eigenvalue weighted by Crippen LogP contribution is 2.22. The van der Waals surface area contributed by atoms with Crippen LogP contribution in [0.3, 0.4) is 0 Å². The predicted octanol–water partition coefficient (Wildman–Crippen LogP) is 4.88. The number of hydrogen-bond donors (Lipinski definition) is 1. The summed E-state index contributed by atoms with van der Waals surface area (Å²) in [7, 11) is 0. The highest BCUT2D eigenvalue weighted by molar-refractivity contribution is 7.99. The second-order valence-corrected chi connectivity index (χ2v) is 7.19. The van der Waals surface area contributed by atoms with E-state index in [1.54, 1.807) is 18.1 Å². The van der Waals surface area contributed by atoms with Crippen molar-refractivity contribution in [3.8, 4) is 11.3 Å². The Kier molecular flexibility index (Phi) is 6.02. The fourth-order valence-electron chi connectivity index (χ4n) is 2.52. The monoisotopic (exact) mass is 363 g/mol. The van der Waals surface area contributed by atoms with Gasteiger partial charge in [0, 0.05) is 23.4 Å². The van der Waals surface area contributed by atoms with E-state index in [1.807, 2.05) is 68.4 Å². The summed E-state index contributed by atoms with van der Waals surface area (Å²) in [6.45, 7) is 4.01. The molecular weight excluding hydrogens is 342 g/mol. The smallest absolute Gasteiger partial charge is 0.225 e. The van der Waals surface area contributed by atoms with Crippen molar-refractivity contribution in [1.29, 1.82) is 0 Å². The Morgan fingerprint density at radius 3 is 2.65 bits per heavy atom. The van der Waals surface area contributed by atoms with Crippen molar-refractivity contribution in [3.63, 3.8) is 0 Å². The van der Waals surface area contributed by atoms with Crippen LogP contribution in [-0.2, 0) is 4.79 Å². The van der Waals surface area contributed by atoms with Crippen LogP contribution < -0.4 is 5.32 Å². The van der Waals surface area contributed by atoms with Gasteiger partial charge in [0.05, 0.1) is 10.7 Å². The fourth-order valence-corrected chi connectivity index (χ4v) is 3.33. The van der Waals surface area contributed by atoms with Crippen molar-refractivity contribution in [2.75, 3.05) is 11.1 Å². The molecule has 0 atom stereocenters. The van der Waals surface area contributed by atoms with Crippen molar-refractivity contribution in [2.24, 2.45) is 0 Å². The number of aromatic nitrogens is 2. The number of nitrogens with zero attached hydrogens (tertiary/aromatic N) is 2. The molecule has 0 unspecified atom stereocenters. The van der Waals surface area contributed by atoms with Crippen LogP contribution in [-0.4, -0.2) is 21.6 Å². The summed E-state index contributed by atoms with van der Waals surface area (Å²) in [6.07, 6.45) is 2.00. The van der Waals surface area contributed by atoms with Crippen LogP contribution in [0.25, 0.3) is 11.3 Å². The molecule has 0 aliphatic carbocycles. The SMILES string of the molecule is Cc1ccc(C)c(NC(=O)CCSc2cc(-c3ccccc3)ncn2)c1. The first-order valence-corrected chi connectivity index (χ1v) is 9.48. The molecular formula is C21H21N3OS. The van der Waals surface area contributed by atoms with Gasteiger partial charge in [-0.2, -0.15) is 0 Å².